The number of aryl methyl sites for hydroxylation is 1. The Morgan fingerprint density at radius 1 is 1.56 bits per heavy atom. The summed E-state index contributed by atoms with van der Waals surface area (Å²) < 4.78 is 0. The zero-order chi connectivity index (χ0) is 13.3. The van der Waals surface area contributed by atoms with Gasteiger partial charge in [0.25, 0.3) is 0 Å². The van der Waals surface area contributed by atoms with Gasteiger partial charge >= 0.3 is 0 Å². The van der Waals surface area contributed by atoms with E-state index >= 15 is 0 Å². The van der Waals surface area contributed by atoms with Gasteiger partial charge in [-0.25, -0.2) is 0 Å². The maximum absolute atomic E-state index is 10.1. The lowest BCUT2D eigenvalue weighted by molar-refractivity contribution is 0.00121. The molecule has 2 N–H and O–H groups in total. The summed E-state index contributed by atoms with van der Waals surface area (Å²) in [5.74, 6) is 0. The molecule has 0 aromatic carbocycles. The third-order valence-electron chi connectivity index (χ3n) is 3.61. The molecule has 0 radical (unpaired) electrons. The summed E-state index contributed by atoms with van der Waals surface area (Å²) in [5, 5.41) is 17.9. The molecular formula is C12H21ClN4O. The Balaban J connectivity index is 1.95. The first kappa shape index (κ1) is 13.8. The monoisotopic (exact) mass is 272 g/mol. The summed E-state index contributed by atoms with van der Waals surface area (Å²) in [6.07, 6.45) is 0.655. The zero-order valence-corrected chi connectivity index (χ0v) is 11.9. The number of hydrogen-bond acceptors (Lipinski definition) is 4. The molecule has 2 atom stereocenters. The SMILES string of the molecule is Cc1[nH]nc(CN2CC[C@@H](N(C)C)[C@H](O)C2)c1Cl. The standard InChI is InChI=1S/C12H21ClN4O/c1-8-12(13)9(15-14-8)6-17-5-4-10(16(2)3)11(18)7-17/h10-11,18H,4-7H2,1-3H3,(H,14,15)/t10-,11-/m1/s1. The molecule has 2 rings (SSSR count). The minimum atomic E-state index is -0.312. The van der Waals surface area contributed by atoms with Crippen molar-refractivity contribution in [2.24, 2.45) is 0 Å². The molecule has 1 fully saturated rings. The van der Waals surface area contributed by atoms with E-state index in [1.165, 1.54) is 0 Å². The second-order valence-electron chi connectivity index (χ2n) is 5.23. The number of aliphatic hydroxyl groups excluding tert-OH is 1. The van der Waals surface area contributed by atoms with E-state index in [1.807, 2.05) is 21.0 Å². The van der Waals surface area contributed by atoms with Crippen LogP contribution in [0.2, 0.25) is 5.02 Å². The van der Waals surface area contributed by atoms with E-state index in [2.05, 4.69) is 20.0 Å². The van der Waals surface area contributed by atoms with Gasteiger partial charge in [0.2, 0.25) is 0 Å². The van der Waals surface area contributed by atoms with Crippen molar-refractivity contribution in [2.75, 3.05) is 27.2 Å². The van der Waals surface area contributed by atoms with Crippen LogP contribution in [0.1, 0.15) is 17.8 Å². The fourth-order valence-corrected chi connectivity index (χ4v) is 2.66. The molecule has 0 aliphatic carbocycles. The van der Waals surface area contributed by atoms with Gasteiger partial charge in [0, 0.05) is 25.7 Å². The van der Waals surface area contributed by atoms with E-state index in [0.717, 1.165) is 24.4 Å². The van der Waals surface area contributed by atoms with Crippen molar-refractivity contribution in [1.82, 2.24) is 20.0 Å². The second-order valence-corrected chi connectivity index (χ2v) is 5.61. The largest absolute Gasteiger partial charge is 0.390 e. The van der Waals surface area contributed by atoms with Gasteiger partial charge in [0.1, 0.15) is 0 Å². The topological polar surface area (TPSA) is 55.4 Å². The van der Waals surface area contributed by atoms with Gasteiger partial charge in [-0.1, -0.05) is 11.6 Å². The number of nitrogens with zero attached hydrogens (tertiary/aromatic N) is 3. The van der Waals surface area contributed by atoms with Crippen molar-refractivity contribution in [2.45, 2.75) is 32.0 Å². The average molecular weight is 273 g/mol. The number of likely N-dealkylation sites (N-methyl/N-ethyl adjacent to an activating group) is 1. The lowest BCUT2D eigenvalue weighted by atomic mass is 10.0. The maximum Gasteiger partial charge on any atom is 0.0951 e. The molecule has 0 spiro atoms. The quantitative estimate of drug-likeness (QED) is 0.857. The van der Waals surface area contributed by atoms with Crippen molar-refractivity contribution in [3.05, 3.63) is 16.4 Å². The highest BCUT2D eigenvalue weighted by Crippen LogP contribution is 2.21. The molecule has 5 nitrogen and oxygen atoms in total. The number of piperidine rings is 1. The van der Waals surface area contributed by atoms with Gasteiger partial charge in [0.15, 0.2) is 0 Å². The Morgan fingerprint density at radius 3 is 2.78 bits per heavy atom. The fourth-order valence-electron chi connectivity index (χ4n) is 2.51. The van der Waals surface area contributed by atoms with Crippen LogP contribution in [0.4, 0.5) is 0 Å². The number of rotatable bonds is 3. The molecule has 102 valence electrons. The number of likely N-dealkylation sites (tertiary alicyclic amines) is 1. The predicted octanol–water partition coefficient (Wildman–Crippen LogP) is 0.868. The van der Waals surface area contributed by atoms with Crippen LogP contribution in [-0.4, -0.2) is 64.4 Å². The third kappa shape index (κ3) is 2.85. The molecule has 1 aromatic heterocycles. The highest BCUT2D eigenvalue weighted by Gasteiger charge is 2.29. The van der Waals surface area contributed by atoms with Gasteiger partial charge in [-0.2, -0.15) is 5.10 Å². The smallest absolute Gasteiger partial charge is 0.0951 e. The van der Waals surface area contributed by atoms with E-state index in [1.54, 1.807) is 0 Å². The minimum Gasteiger partial charge on any atom is -0.390 e. The Labute approximate surface area is 113 Å². The fraction of sp³-hybridized carbons (Fsp3) is 0.750. The number of H-pyrrole nitrogens is 1. The summed E-state index contributed by atoms with van der Waals surface area (Å²) >= 11 is 6.15. The number of aromatic nitrogens is 2. The van der Waals surface area contributed by atoms with E-state index in [-0.39, 0.29) is 12.1 Å². The lowest BCUT2D eigenvalue weighted by Crippen LogP contribution is -2.51. The molecule has 0 bridgehead atoms. The van der Waals surface area contributed by atoms with Crippen LogP contribution >= 0.6 is 11.6 Å². The summed E-state index contributed by atoms with van der Waals surface area (Å²) in [6.45, 7) is 4.24. The van der Waals surface area contributed by atoms with Gasteiger partial charge < -0.3 is 10.0 Å². The molecular weight excluding hydrogens is 252 g/mol. The highest BCUT2D eigenvalue weighted by atomic mass is 35.5. The molecule has 0 unspecified atom stereocenters. The van der Waals surface area contributed by atoms with Crippen LogP contribution < -0.4 is 0 Å². The first-order valence-corrected chi connectivity index (χ1v) is 6.63. The van der Waals surface area contributed by atoms with E-state index in [9.17, 15) is 5.11 Å². The Kier molecular flexibility index (Phi) is 4.27. The molecule has 1 aromatic rings. The van der Waals surface area contributed by atoms with Crippen LogP contribution in [-0.2, 0) is 6.54 Å². The number of aromatic amines is 1. The molecule has 6 heteroatoms. The van der Waals surface area contributed by atoms with Crippen LogP contribution in [0.15, 0.2) is 0 Å². The minimum absolute atomic E-state index is 0.248. The van der Waals surface area contributed by atoms with E-state index < -0.39 is 0 Å². The normalized spacial score (nSPS) is 25.9. The molecule has 1 aliphatic rings. The van der Waals surface area contributed by atoms with Gasteiger partial charge in [-0.15, -0.1) is 0 Å². The third-order valence-corrected chi connectivity index (χ3v) is 4.11. The Bertz CT molecular complexity index is 407. The van der Waals surface area contributed by atoms with Crippen LogP contribution in [0, 0.1) is 6.92 Å². The molecule has 0 amide bonds. The van der Waals surface area contributed by atoms with Crippen molar-refractivity contribution in [3.8, 4) is 0 Å². The first-order valence-electron chi connectivity index (χ1n) is 6.25. The molecule has 1 aliphatic heterocycles. The molecule has 2 heterocycles. The van der Waals surface area contributed by atoms with Gasteiger partial charge in [-0.05, 0) is 27.4 Å². The van der Waals surface area contributed by atoms with Crippen LogP contribution in [0.5, 0.6) is 0 Å². The summed E-state index contributed by atoms with van der Waals surface area (Å²) in [7, 11) is 4.02. The number of hydrogen-bond donors (Lipinski definition) is 2. The van der Waals surface area contributed by atoms with Crippen LogP contribution in [0.3, 0.4) is 0 Å². The van der Waals surface area contributed by atoms with Crippen molar-refractivity contribution < 1.29 is 5.11 Å². The lowest BCUT2D eigenvalue weighted by Gasteiger charge is -2.38. The number of halogens is 1. The second kappa shape index (κ2) is 5.57. The Hall–Kier alpha value is -0.620. The van der Waals surface area contributed by atoms with Gasteiger partial charge in [-0.3, -0.25) is 10.00 Å². The van der Waals surface area contributed by atoms with Crippen LogP contribution in [0.25, 0.3) is 0 Å². The van der Waals surface area contributed by atoms with Gasteiger partial charge in [0.05, 0.1) is 22.5 Å². The molecule has 18 heavy (non-hydrogen) atoms. The zero-order valence-electron chi connectivity index (χ0n) is 11.1. The Morgan fingerprint density at radius 2 is 2.28 bits per heavy atom. The van der Waals surface area contributed by atoms with E-state index in [0.29, 0.717) is 18.1 Å². The highest BCUT2D eigenvalue weighted by molar-refractivity contribution is 6.31. The number of β-amino-alcohol motifs (C(OH)–C–C–N with tert-alkyl or cyclic N) is 1. The maximum atomic E-state index is 10.1. The predicted molar refractivity (Wildman–Crippen MR) is 71.7 cm³/mol. The molecule has 0 saturated carbocycles. The average Bonchev–Trinajstić information content (AvgIpc) is 2.61. The molecule has 1 saturated heterocycles. The number of aliphatic hydroxyl groups is 1. The first-order chi connectivity index (χ1) is 8.49. The number of nitrogens with one attached hydrogen (secondary N) is 1. The summed E-state index contributed by atoms with van der Waals surface area (Å²) in [5.41, 5.74) is 1.76. The van der Waals surface area contributed by atoms with Crippen molar-refractivity contribution >= 4 is 11.6 Å². The van der Waals surface area contributed by atoms with Crippen molar-refractivity contribution in [1.29, 1.82) is 0 Å². The van der Waals surface area contributed by atoms with E-state index in [4.69, 9.17) is 11.6 Å². The summed E-state index contributed by atoms with van der Waals surface area (Å²) in [6, 6.07) is 0.248. The summed E-state index contributed by atoms with van der Waals surface area (Å²) in [4.78, 5) is 4.29. The van der Waals surface area contributed by atoms with Crippen molar-refractivity contribution in [3.63, 3.8) is 0 Å².